The largest absolute Gasteiger partial charge is 0.396 e. The molecule has 16 heavy (non-hydrogen) atoms. The molecule has 0 atom stereocenters. The minimum Gasteiger partial charge on any atom is -0.396 e. The highest BCUT2D eigenvalue weighted by molar-refractivity contribution is 5.55. The normalized spacial score (nSPS) is 10.4. The van der Waals surface area contributed by atoms with E-state index in [1.165, 1.54) is 0 Å². The molecule has 0 amide bonds. The first-order valence-corrected chi connectivity index (χ1v) is 4.97. The van der Waals surface area contributed by atoms with Crippen LogP contribution in [0.5, 0.6) is 0 Å². The second kappa shape index (κ2) is 4.81. The molecule has 0 bridgehead atoms. The van der Waals surface area contributed by atoms with Gasteiger partial charge < -0.3 is 5.11 Å². The summed E-state index contributed by atoms with van der Waals surface area (Å²) in [6.45, 7) is 0.105. The molecule has 1 aromatic carbocycles. The number of halogens is 1. The van der Waals surface area contributed by atoms with E-state index in [1.54, 1.807) is 0 Å². The van der Waals surface area contributed by atoms with E-state index < -0.39 is 5.82 Å². The van der Waals surface area contributed by atoms with E-state index in [0.717, 1.165) is 23.5 Å². The Kier molecular flexibility index (Phi) is 3.22. The fraction of sp³-hybridized carbons (Fsp3) is 0.167. The van der Waals surface area contributed by atoms with Gasteiger partial charge in [0.2, 0.25) is 0 Å². The summed E-state index contributed by atoms with van der Waals surface area (Å²) in [7, 11) is 0. The maximum atomic E-state index is 12.6. The van der Waals surface area contributed by atoms with E-state index in [1.807, 2.05) is 24.3 Å². The standard InChI is InChI=1S/C12H11FN2O/c13-11-7-14-12(15-8-11)10-3-1-2-9(6-10)4-5-16/h1-3,6-8,16H,4-5H2. The highest BCUT2D eigenvalue weighted by Crippen LogP contribution is 2.16. The van der Waals surface area contributed by atoms with E-state index in [2.05, 4.69) is 9.97 Å². The molecule has 0 unspecified atom stereocenters. The quantitative estimate of drug-likeness (QED) is 0.854. The molecule has 0 aliphatic carbocycles. The van der Waals surface area contributed by atoms with Crippen LogP contribution in [0.3, 0.4) is 0 Å². The van der Waals surface area contributed by atoms with Gasteiger partial charge in [-0.25, -0.2) is 14.4 Å². The lowest BCUT2D eigenvalue weighted by molar-refractivity contribution is 0.299. The predicted octanol–water partition coefficient (Wildman–Crippen LogP) is 1.82. The number of hydrogen-bond donors (Lipinski definition) is 1. The summed E-state index contributed by atoms with van der Waals surface area (Å²) in [5.74, 6) is 0.0384. The van der Waals surface area contributed by atoms with Crippen LogP contribution in [0.4, 0.5) is 4.39 Å². The molecule has 0 saturated heterocycles. The third kappa shape index (κ3) is 2.41. The van der Waals surface area contributed by atoms with E-state index in [4.69, 9.17) is 5.11 Å². The Bertz CT molecular complexity index is 471. The van der Waals surface area contributed by atoms with Crippen LogP contribution in [-0.2, 0) is 6.42 Å². The summed E-state index contributed by atoms with van der Waals surface area (Å²) in [6, 6.07) is 7.54. The fourth-order valence-corrected chi connectivity index (χ4v) is 1.46. The molecule has 0 saturated carbocycles. The Labute approximate surface area is 92.6 Å². The zero-order chi connectivity index (χ0) is 11.4. The predicted molar refractivity (Wildman–Crippen MR) is 58.2 cm³/mol. The van der Waals surface area contributed by atoms with Gasteiger partial charge in [-0.2, -0.15) is 0 Å². The highest BCUT2D eigenvalue weighted by atomic mass is 19.1. The van der Waals surface area contributed by atoms with Gasteiger partial charge in [0.15, 0.2) is 11.6 Å². The molecule has 1 heterocycles. The third-order valence-electron chi connectivity index (χ3n) is 2.21. The monoisotopic (exact) mass is 218 g/mol. The van der Waals surface area contributed by atoms with Crippen molar-refractivity contribution < 1.29 is 9.50 Å². The van der Waals surface area contributed by atoms with Crippen LogP contribution in [0.2, 0.25) is 0 Å². The van der Waals surface area contributed by atoms with Crippen molar-refractivity contribution in [2.24, 2.45) is 0 Å². The Morgan fingerprint density at radius 1 is 1.19 bits per heavy atom. The van der Waals surface area contributed by atoms with Crippen LogP contribution in [-0.4, -0.2) is 21.7 Å². The molecule has 1 aromatic heterocycles. The molecule has 0 fully saturated rings. The SMILES string of the molecule is OCCc1cccc(-c2ncc(F)cn2)c1. The lowest BCUT2D eigenvalue weighted by atomic mass is 10.1. The van der Waals surface area contributed by atoms with Crippen molar-refractivity contribution in [3.8, 4) is 11.4 Å². The molecule has 3 nitrogen and oxygen atoms in total. The van der Waals surface area contributed by atoms with Crippen LogP contribution >= 0.6 is 0 Å². The summed E-state index contributed by atoms with van der Waals surface area (Å²) in [4.78, 5) is 7.80. The number of nitrogens with zero attached hydrogens (tertiary/aromatic N) is 2. The number of aromatic nitrogens is 2. The topological polar surface area (TPSA) is 46.0 Å². The first kappa shape index (κ1) is 10.7. The average molecular weight is 218 g/mol. The van der Waals surface area contributed by atoms with Gasteiger partial charge in [-0.15, -0.1) is 0 Å². The van der Waals surface area contributed by atoms with Crippen LogP contribution < -0.4 is 0 Å². The molecule has 1 N–H and O–H groups in total. The molecule has 0 radical (unpaired) electrons. The van der Waals surface area contributed by atoms with Crippen molar-refractivity contribution in [2.45, 2.75) is 6.42 Å². The van der Waals surface area contributed by atoms with Crippen LogP contribution in [0, 0.1) is 5.82 Å². The molecule has 0 spiro atoms. The summed E-state index contributed by atoms with van der Waals surface area (Å²) in [5.41, 5.74) is 1.83. The zero-order valence-electron chi connectivity index (χ0n) is 8.60. The molecule has 2 aromatic rings. The van der Waals surface area contributed by atoms with Gasteiger partial charge in [-0.3, -0.25) is 0 Å². The van der Waals surface area contributed by atoms with Crippen molar-refractivity contribution >= 4 is 0 Å². The Hall–Kier alpha value is -1.81. The van der Waals surface area contributed by atoms with Crippen molar-refractivity contribution in [3.63, 3.8) is 0 Å². The van der Waals surface area contributed by atoms with Gasteiger partial charge in [-0.05, 0) is 18.1 Å². The maximum Gasteiger partial charge on any atom is 0.159 e. The Morgan fingerprint density at radius 2 is 1.94 bits per heavy atom. The number of aliphatic hydroxyl groups excluding tert-OH is 1. The first-order chi connectivity index (χ1) is 7.79. The smallest absolute Gasteiger partial charge is 0.159 e. The second-order valence-electron chi connectivity index (χ2n) is 3.40. The van der Waals surface area contributed by atoms with E-state index in [-0.39, 0.29) is 6.61 Å². The molecule has 82 valence electrons. The van der Waals surface area contributed by atoms with Gasteiger partial charge in [-0.1, -0.05) is 18.2 Å². The molecule has 0 aliphatic rings. The molecule has 4 heteroatoms. The molecule has 0 aliphatic heterocycles. The van der Waals surface area contributed by atoms with Gasteiger partial charge in [0.05, 0.1) is 12.4 Å². The molecular weight excluding hydrogens is 207 g/mol. The summed E-state index contributed by atoms with van der Waals surface area (Å²) < 4.78 is 12.6. The average Bonchev–Trinajstić information content (AvgIpc) is 2.31. The number of rotatable bonds is 3. The summed E-state index contributed by atoms with van der Waals surface area (Å²) >= 11 is 0. The lowest BCUT2D eigenvalue weighted by Gasteiger charge is -2.02. The highest BCUT2D eigenvalue weighted by Gasteiger charge is 2.02. The van der Waals surface area contributed by atoms with Gasteiger partial charge >= 0.3 is 0 Å². The van der Waals surface area contributed by atoms with Crippen LogP contribution in [0.1, 0.15) is 5.56 Å². The fourth-order valence-electron chi connectivity index (χ4n) is 1.46. The van der Waals surface area contributed by atoms with Gasteiger partial charge in [0, 0.05) is 12.2 Å². The molecule has 2 rings (SSSR count). The second-order valence-corrected chi connectivity index (χ2v) is 3.40. The summed E-state index contributed by atoms with van der Waals surface area (Å²) in [5, 5.41) is 8.84. The number of benzene rings is 1. The van der Waals surface area contributed by atoms with E-state index in [0.29, 0.717) is 12.2 Å². The Morgan fingerprint density at radius 3 is 2.62 bits per heavy atom. The number of aliphatic hydroxyl groups is 1. The van der Waals surface area contributed by atoms with E-state index in [9.17, 15) is 4.39 Å². The van der Waals surface area contributed by atoms with Crippen LogP contribution in [0.15, 0.2) is 36.7 Å². The number of hydrogen-bond acceptors (Lipinski definition) is 3. The first-order valence-electron chi connectivity index (χ1n) is 4.97. The molecular formula is C12H11FN2O. The van der Waals surface area contributed by atoms with Gasteiger partial charge in [0.1, 0.15) is 0 Å². The van der Waals surface area contributed by atoms with Gasteiger partial charge in [0.25, 0.3) is 0 Å². The lowest BCUT2D eigenvalue weighted by Crippen LogP contribution is -1.93. The zero-order valence-corrected chi connectivity index (χ0v) is 8.60. The van der Waals surface area contributed by atoms with E-state index >= 15 is 0 Å². The maximum absolute atomic E-state index is 12.6. The van der Waals surface area contributed by atoms with Crippen molar-refractivity contribution in [2.75, 3.05) is 6.61 Å². The van der Waals surface area contributed by atoms with Crippen molar-refractivity contribution in [1.29, 1.82) is 0 Å². The Balaban J connectivity index is 2.32. The summed E-state index contributed by atoms with van der Waals surface area (Å²) in [6.07, 6.45) is 2.87. The minimum atomic E-state index is -0.449. The van der Waals surface area contributed by atoms with Crippen molar-refractivity contribution in [3.05, 3.63) is 48.0 Å². The van der Waals surface area contributed by atoms with Crippen molar-refractivity contribution in [1.82, 2.24) is 9.97 Å². The minimum absolute atomic E-state index is 0.105. The van der Waals surface area contributed by atoms with Crippen LogP contribution in [0.25, 0.3) is 11.4 Å². The third-order valence-corrected chi connectivity index (χ3v) is 2.21.